The molecule has 2 aromatic carbocycles. The Kier molecular flexibility index (Phi) is 5.52. The highest BCUT2D eigenvalue weighted by Gasteiger charge is 2.16. The largest absolute Gasteiger partial charge is 0.508 e. The van der Waals surface area contributed by atoms with Crippen LogP contribution in [-0.4, -0.2) is 11.1 Å². The molecule has 0 aliphatic heterocycles. The number of para-hydroxylation sites is 1. The summed E-state index contributed by atoms with van der Waals surface area (Å²) in [5.41, 5.74) is 0.604. The van der Waals surface area contributed by atoms with Crippen molar-refractivity contribution in [2.24, 2.45) is 0 Å². The lowest BCUT2D eigenvalue weighted by molar-refractivity contribution is -0.183. The molecule has 3 aromatic rings. The second kappa shape index (κ2) is 7.59. The molecule has 0 fully saturated rings. The van der Waals surface area contributed by atoms with Gasteiger partial charge in [-0.3, -0.25) is 9.74 Å². The van der Waals surface area contributed by atoms with E-state index >= 15 is 0 Å². The fourth-order valence-corrected chi connectivity index (χ4v) is 2.42. The van der Waals surface area contributed by atoms with Crippen LogP contribution >= 0.6 is 0 Å². The third-order valence-corrected chi connectivity index (χ3v) is 3.49. The van der Waals surface area contributed by atoms with Crippen molar-refractivity contribution in [2.45, 2.75) is 26.7 Å². The molecule has 0 saturated heterocycles. The van der Waals surface area contributed by atoms with Crippen molar-refractivity contribution < 1.29 is 23.8 Å². The molecular formula is C18H17FO5. The predicted octanol–water partition coefficient (Wildman–Crippen LogP) is 4.04. The van der Waals surface area contributed by atoms with Crippen molar-refractivity contribution in [3.63, 3.8) is 0 Å². The van der Waals surface area contributed by atoms with Crippen LogP contribution in [0.1, 0.15) is 25.8 Å². The second-order valence-corrected chi connectivity index (χ2v) is 4.82. The van der Waals surface area contributed by atoms with E-state index in [0.29, 0.717) is 16.4 Å². The molecule has 0 atom stereocenters. The zero-order valence-electron chi connectivity index (χ0n) is 13.3. The van der Waals surface area contributed by atoms with Crippen LogP contribution < -0.4 is 5.43 Å². The Morgan fingerprint density at radius 2 is 1.88 bits per heavy atom. The monoisotopic (exact) mass is 332 g/mol. The van der Waals surface area contributed by atoms with Crippen LogP contribution in [0.4, 0.5) is 4.53 Å². The maximum atomic E-state index is 12.5. The Morgan fingerprint density at radius 1 is 1.17 bits per heavy atom. The fourth-order valence-electron chi connectivity index (χ4n) is 2.42. The normalized spacial score (nSPS) is 10.3. The van der Waals surface area contributed by atoms with Gasteiger partial charge in [0.15, 0.2) is 0 Å². The van der Waals surface area contributed by atoms with E-state index in [4.69, 9.17) is 4.42 Å². The Hall–Kier alpha value is -2.89. The average molecular weight is 332 g/mol. The molecule has 0 aliphatic carbocycles. The van der Waals surface area contributed by atoms with Gasteiger partial charge in [-0.15, -0.1) is 0 Å². The molecule has 3 rings (SSSR count). The Balaban J connectivity index is 0.00000100. The molecule has 1 N–H and O–H groups in total. The van der Waals surface area contributed by atoms with Gasteiger partial charge in [-0.05, 0) is 30.7 Å². The van der Waals surface area contributed by atoms with Crippen LogP contribution in [-0.2, 0) is 16.2 Å². The summed E-state index contributed by atoms with van der Waals surface area (Å²) in [6, 6.07) is 9.54. The number of carbonyl (C=O) groups is 1. The molecule has 0 spiro atoms. The minimum Gasteiger partial charge on any atom is -0.508 e. The van der Waals surface area contributed by atoms with Crippen molar-refractivity contribution in [3.8, 4) is 5.75 Å². The quantitative estimate of drug-likeness (QED) is 0.733. The number of phenolic OH excluding ortho intramolecular Hbond substituents is 1. The molecule has 0 saturated carbocycles. The number of fused-ring (bicyclic) bond motifs is 2. The molecule has 126 valence electrons. The lowest BCUT2D eigenvalue weighted by Crippen LogP contribution is -2.05. The van der Waals surface area contributed by atoms with Crippen LogP contribution in [0.5, 0.6) is 5.75 Å². The molecule has 0 amide bonds. The molecule has 0 aliphatic rings. The summed E-state index contributed by atoms with van der Waals surface area (Å²) in [6.07, 6.45) is -0.285. The van der Waals surface area contributed by atoms with Gasteiger partial charge in [0.25, 0.3) is 0 Å². The first-order valence-corrected chi connectivity index (χ1v) is 7.59. The summed E-state index contributed by atoms with van der Waals surface area (Å²) in [4.78, 5) is 26.5. The standard InChI is InChI=1S/C16H11FO5.C2H6/c17-22-14(19)8-6-9-12(18)7-5-11-15(20)10-3-1-2-4-13(10)21-16(9)11;1-2/h1-5,7,18H,6,8H2;1-2H3. The van der Waals surface area contributed by atoms with E-state index in [2.05, 4.69) is 4.94 Å². The lowest BCUT2D eigenvalue weighted by Gasteiger charge is -2.08. The third kappa shape index (κ3) is 3.22. The van der Waals surface area contributed by atoms with Crippen molar-refractivity contribution in [1.29, 1.82) is 0 Å². The Labute approximate surface area is 137 Å². The van der Waals surface area contributed by atoms with Crippen LogP contribution in [0.25, 0.3) is 21.9 Å². The van der Waals surface area contributed by atoms with Crippen molar-refractivity contribution in [3.05, 3.63) is 52.2 Å². The van der Waals surface area contributed by atoms with Gasteiger partial charge in [0.2, 0.25) is 5.43 Å². The molecule has 0 bridgehead atoms. The average Bonchev–Trinajstić information content (AvgIpc) is 2.62. The zero-order chi connectivity index (χ0) is 17.7. The Bertz CT molecular complexity index is 930. The number of phenols is 1. The molecule has 6 heteroatoms. The number of halogens is 1. The number of rotatable bonds is 3. The van der Waals surface area contributed by atoms with E-state index in [9.17, 15) is 19.2 Å². The van der Waals surface area contributed by atoms with Gasteiger partial charge in [0.05, 0.1) is 17.2 Å². The van der Waals surface area contributed by atoms with E-state index in [1.165, 1.54) is 12.1 Å². The van der Waals surface area contributed by atoms with Gasteiger partial charge < -0.3 is 9.52 Å². The summed E-state index contributed by atoms with van der Waals surface area (Å²) in [7, 11) is 0. The predicted molar refractivity (Wildman–Crippen MR) is 88.5 cm³/mol. The highest BCUT2D eigenvalue weighted by atomic mass is 19.3. The highest BCUT2D eigenvalue weighted by Crippen LogP contribution is 2.29. The first-order chi connectivity index (χ1) is 11.6. The summed E-state index contributed by atoms with van der Waals surface area (Å²) >= 11 is 0. The minimum atomic E-state index is -1.06. The third-order valence-electron chi connectivity index (χ3n) is 3.49. The molecule has 1 aromatic heterocycles. The first-order valence-electron chi connectivity index (χ1n) is 7.59. The van der Waals surface area contributed by atoms with Crippen LogP contribution in [0.3, 0.4) is 0 Å². The van der Waals surface area contributed by atoms with Gasteiger partial charge in [-0.1, -0.05) is 26.0 Å². The van der Waals surface area contributed by atoms with E-state index in [1.54, 1.807) is 24.3 Å². The number of benzene rings is 2. The Morgan fingerprint density at radius 3 is 2.58 bits per heavy atom. The molecule has 24 heavy (non-hydrogen) atoms. The minimum absolute atomic E-state index is 0.00674. The summed E-state index contributed by atoms with van der Waals surface area (Å²) in [5.74, 6) is -1.18. The van der Waals surface area contributed by atoms with Crippen molar-refractivity contribution in [2.75, 3.05) is 0 Å². The second-order valence-electron chi connectivity index (χ2n) is 4.82. The summed E-state index contributed by atoms with van der Waals surface area (Å²) < 4.78 is 17.5. The van der Waals surface area contributed by atoms with Crippen LogP contribution in [0, 0.1) is 0 Å². The molecule has 0 unspecified atom stereocenters. The van der Waals surface area contributed by atoms with Crippen LogP contribution in [0.2, 0.25) is 0 Å². The summed E-state index contributed by atoms with van der Waals surface area (Å²) in [6.45, 7) is 4.00. The summed E-state index contributed by atoms with van der Waals surface area (Å²) in [5, 5.41) is 10.7. The van der Waals surface area contributed by atoms with E-state index < -0.39 is 5.97 Å². The van der Waals surface area contributed by atoms with E-state index in [0.717, 1.165) is 0 Å². The zero-order valence-corrected chi connectivity index (χ0v) is 13.3. The maximum Gasteiger partial charge on any atom is 0.349 e. The van der Waals surface area contributed by atoms with Gasteiger partial charge in [0, 0.05) is 10.1 Å². The van der Waals surface area contributed by atoms with Gasteiger partial charge >= 0.3 is 5.97 Å². The van der Waals surface area contributed by atoms with Gasteiger partial charge in [-0.2, -0.15) is 0 Å². The van der Waals surface area contributed by atoms with Gasteiger partial charge in [0.1, 0.15) is 16.9 Å². The number of carbonyl (C=O) groups excluding carboxylic acids is 1. The molecule has 5 nitrogen and oxygen atoms in total. The number of aromatic hydroxyl groups is 1. The van der Waals surface area contributed by atoms with Crippen LogP contribution in [0.15, 0.2) is 45.6 Å². The lowest BCUT2D eigenvalue weighted by atomic mass is 10.0. The number of hydrogen-bond donors (Lipinski definition) is 1. The van der Waals surface area contributed by atoms with Gasteiger partial charge in [-0.25, -0.2) is 4.79 Å². The van der Waals surface area contributed by atoms with E-state index in [1.807, 2.05) is 13.8 Å². The van der Waals surface area contributed by atoms with Crippen molar-refractivity contribution >= 4 is 27.9 Å². The smallest absolute Gasteiger partial charge is 0.349 e. The highest BCUT2D eigenvalue weighted by molar-refractivity contribution is 5.92. The molecule has 0 radical (unpaired) electrons. The first kappa shape index (κ1) is 17.5. The molecule has 1 heterocycles. The van der Waals surface area contributed by atoms with Crippen molar-refractivity contribution in [1.82, 2.24) is 0 Å². The number of hydrogen-bond acceptors (Lipinski definition) is 5. The topological polar surface area (TPSA) is 76.7 Å². The SMILES string of the molecule is CC.O=C(CCc1c(O)ccc2c(=O)c3ccccc3oc12)OF. The maximum absolute atomic E-state index is 12.5. The number of aryl methyl sites for hydroxylation is 1. The fraction of sp³-hybridized carbons (Fsp3) is 0.222. The molecular weight excluding hydrogens is 315 g/mol. The van der Waals surface area contributed by atoms with E-state index in [-0.39, 0.29) is 35.2 Å².